The van der Waals surface area contributed by atoms with E-state index < -0.39 is 0 Å². The van der Waals surface area contributed by atoms with E-state index in [0.29, 0.717) is 18.7 Å². The summed E-state index contributed by atoms with van der Waals surface area (Å²) in [5, 5.41) is 0. The van der Waals surface area contributed by atoms with Crippen LogP contribution < -0.4 is 4.90 Å². The lowest BCUT2D eigenvalue weighted by Crippen LogP contribution is -2.35. The van der Waals surface area contributed by atoms with E-state index in [4.69, 9.17) is 0 Å². The van der Waals surface area contributed by atoms with Crippen LogP contribution in [0.2, 0.25) is 0 Å². The summed E-state index contributed by atoms with van der Waals surface area (Å²) in [7, 11) is 0. The second-order valence-electron chi connectivity index (χ2n) is 3.55. The van der Waals surface area contributed by atoms with Crippen molar-refractivity contribution < 1.29 is 4.79 Å². The van der Waals surface area contributed by atoms with Crippen LogP contribution in [0.4, 0.5) is 5.69 Å². The summed E-state index contributed by atoms with van der Waals surface area (Å²) in [5.41, 5.74) is 0.948. The second kappa shape index (κ2) is 3.74. The summed E-state index contributed by atoms with van der Waals surface area (Å²) < 4.78 is 0. The number of hydrogen-bond acceptors (Lipinski definition) is 4. The number of rotatable bonds is 1. The van der Waals surface area contributed by atoms with Crippen molar-refractivity contribution in [3.63, 3.8) is 0 Å². The van der Waals surface area contributed by atoms with Crippen molar-refractivity contribution in [2.45, 2.75) is 19.8 Å². The molecule has 0 amide bonds. The standard InChI is InChI=1S/C10H13N3O/c1-8-11-5-9(6-12-8)13-4-2-3-10(14)7-13/h5-6H,2-4,7H2,1H3. The Labute approximate surface area is 83.0 Å². The van der Waals surface area contributed by atoms with Crippen molar-refractivity contribution in [3.05, 3.63) is 18.2 Å². The molecule has 74 valence electrons. The van der Waals surface area contributed by atoms with Crippen LogP contribution in [0.25, 0.3) is 0 Å². The minimum Gasteiger partial charge on any atom is -0.362 e. The SMILES string of the molecule is Cc1ncc(N2CCCC(=O)C2)cn1. The fourth-order valence-corrected chi connectivity index (χ4v) is 1.61. The average molecular weight is 191 g/mol. The Bertz CT molecular complexity index is 334. The van der Waals surface area contributed by atoms with Crippen LogP contribution in [-0.2, 0) is 4.79 Å². The first kappa shape index (κ1) is 9.12. The zero-order chi connectivity index (χ0) is 9.97. The molecule has 0 bridgehead atoms. The van der Waals surface area contributed by atoms with E-state index in [2.05, 4.69) is 9.97 Å². The van der Waals surface area contributed by atoms with E-state index in [0.717, 1.165) is 24.5 Å². The molecule has 4 nitrogen and oxygen atoms in total. The van der Waals surface area contributed by atoms with Gasteiger partial charge in [0, 0.05) is 13.0 Å². The number of hydrogen-bond donors (Lipinski definition) is 0. The molecule has 0 saturated carbocycles. The fraction of sp³-hybridized carbons (Fsp3) is 0.500. The van der Waals surface area contributed by atoms with Crippen LogP contribution in [0.15, 0.2) is 12.4 Å². The first-order valence-corrected chi connectivity index (χ1v) is 4.81. The van der Waals surface area contributed by atoms with E-state index in [9.17, 15) is 4.79 Å². The second-order valence-corrected chi connectivity index (χ2v) is 3.55. The number of carbonyl (C=O) groups is 1. The van der Waals surface area contributed by atoms with Gasteiger partial charge in [-0.2, -0.15) is 0 Å². The van der Waals surface area contributed by atoms with Crippen molar-refractivity contribution in [2.24, 2.45) is 0 Å². The molecule has 14 heavy (non-hydrogen) atoms. The van der Waals surface area contributed by atoms with Crippen molar-refractivity contribution >= 4 is 11.5 Å². The van der Waals surface area contributed by atoms with Crippen LogP contribution in [0.5, 0.6) is 0 Å². The molecular weight excluding hydrogens is 178 g/mol. The van der Waals surface area contributed by atoms with Gasteiger partial charge in [0.1, 0.15) is 5.82 Å². The highest BCUT2D eigenvalue weighted by Crippen LogP contribution is 2.15. The van der Waals surface area contributed by atoms with Crippen LogP contribution in [0.3, 0.4) is 0 Å². The number of aryl methyl sites for hydroxylation is 1. The Kier molecular flexibility index (Phi) is 2.43. The highest BCUT2D eigenvalue weighted by Gasteiger charge is 2.17. The smallest absolute Gasteiger partial charge is 0.152 e. The maximum absolute atomic E-state index is 11.2. The van der Waals surface area contributed by atoms with Crippen molar-refractivity contribution in [1.82, 2.24) is 9.97 Å². The maximum Gasteiger partial charge on any atom is 0.152 e. The molecule has 0 unspecified atom stereocenters. The van der Waals surface area contributed by atoms with E-state index in [-0.39, 0.29) is 0 Å². The molecule has 1 aromatic heterocycles. The normalized spacial score (nSPS) is 17.2. The molecule has 0 spiro atoms. The Balaban J connectivity index is 2.14. The lowest BCUT2D eigenvalue weighted by atomic mass is 10.1. The predicted octanol–water partition coefficient (Wildman–Crippen LogP) is 0.954. The minimum atomic E-state index is 0.303. The Hall–Kier alpha value is -1.45. The zero-order valence-electron chi connectivity index (χ0n) is 8.23. The summed E-state index contributed by atoms with van der Waals surface area (Å²) in [6.07, 6.45) is 5.21. The Morgan fingerprint density at radius 1 is 1.36 bits per heavy atom. The molecule has 4 heteroatoms. The third kappa shape index (κ3) is 1.89. The summed E-state index contributed by atoms with van der Waals surface area (Å²) in [4.78, 5) is 21.5. The van der Waals surface area contributed by atoms with Gasteiger partial charge in [0.05, 0.1) is 24.6 Å². The fourth-order valence-electron chi connectivity index (χ4n) is 1.61. The Morgan fingerprint density at radius 2 is 2.07 bits per heavy atom. The lowest BCUT2D eigenvalue weighted by molar-refractivity contribution is -0.118. The van der Waals surface area contributed by atoms with Gasteiger partial charge in [0.2, 0.25) is 0 Å². The summed E-state index contributed by atoms with van der Waals surface area (Å²) in [6, 6.07) is 0. The van der Waals surface area contributed by atoms with E-state index >= 15 is 0 Å². The van der Waals surface area contributed by atoms with Crippen LogP contribution >= 0.6 is 0 Å². The maximum atomic E-state index is 11.2. The predicted molar refractivity (Wildman–Crippen MR) is 53.2 cm³/mol. The summed E-state index contributed by atoms with van der Waals surface area (Å²) >= 11 is 0. The third-order valence-electron chi connectivity index (χ3n) is 2.38. The average Bonchev–Trinajstić information content (AvgIpc) is 2.19. The number of ketones is 1. The molecule has 0 aliphatic carbocycles. The van der Waals surface area contributed by atoms with Gasteiger partial charge < -0.3 is 4.90 Å². The highest BCUT2D eigenvalue weighted by molar-refractivity contribution is 5.84. The zero-order valence-corrected chi connectivity index (χ0v) is 8.23. The number of aromatic nitrogens is 2. The summed E-state index contributed by atoms with van der Waals surface area (Å²) in [6.45, 7) is 3.29. The number of piperidine rings is 1. The van der Waals surface area contributed by atoms with Gasteiger partial charge >= 0.3 is 0 Å². The van der Waals surface area contributed by atoms with Gasteiger partial charge in [-0.1, -0.05) is 0 Å². The molecule has 1 aromatic rings. The molecule has 0 N–H and O–H groups in total. The largest absolute Gasteiger partial charge is 0.362 e. The monoisotopic (exact) mass is 191 g/mol. The third-order valence-corrected chi connectivity index (χ3v) is 2.38. The Morgan fingerprint density at radius 3 is 2.71 bits per heavy atom. The van der Waals surface area contributed by atoms with Crippen LogP contribution in [0.1, 0.15) is 18.7 Å². The van der Waals surface area contributed by atoms with Gasteiger partial charge in [-0.15, -0.1) is 0 Å². The molecular formula is C10H13N3O. The molecule has 0 radical (unpaired) electrons. The van der Waals surface area contributed by atoms with E-state index in [1.165, 1.54) is 0 Å². The van der Waals surface area contributed by atoms with Gasteiger partial charge in [-0.05, 0) is 13.3 Å². The molecule has 1 aliphatic rings. The topological polar surface area (TPSA) is 46.1 Å². The van der Waals surface area contributed by atoms with Crippen molar-refractivity contribution in [3.8, 4) is 0 Å². The van der Waals surface area contributed by atoms with Gasteiger partial charge in [0.25, 0.3) is 0 Å². The first-order valence-electron chi connectivity index (χ1n) is 4.81. The molecule has 2 heterocycles. The van der Waals surface area contributed by atoms with Crippen LogP contribution in [0, 0.1) is 6.92 Å². The van der Waals surface area contributed by atoms with Crippen molar-refractivity contribution in [2.75, 3.05) is 18.0 Å². The molecule has 1 fully saturated rings. The molecule has 0 aromatic carbocycles. The lowest BCUT2D eigenvalue weighted by Gasteiger charge is -2.27. The summed E-state index contributed by atoms with van der Waals surface area (Å²) in [5.74, 6) is 1.06. The van der Waals surface area contributed by atoms with Gasteiger partial charge in [-0.3, -0.25) is 4.79 Å². The number of anilines is 1. The molecule has 0 atom stereocenters. The number of Topliss-reactive ketones (excluding diaryl/α,β-unsaturated/α-hetero) is 1. The number of carbonyl (C=O) groups excluding carboxylic acids is 1. The quantitative estimate of drug-likeness (QED) is 0.663. The van der Waals surface area contributed by atoms with E-state index in [1.807, 2.05) is 11.8 Å². The van der Waals surface area contributed by atoms with Gasteiger partial charge in [0.15, 0.2) is 5.78 Å². The van der Waals surface area contributed by atoms with Crippen LogP contribution in [-0.4, -0.2) is 28.8 Å². The van der Waals surface area contributed by atoms with Gasteiger partial charge in [-0.25, -0.2) is 9.97 Å². The minimum absolute atomic E-state index is 0.303. The number of nitrogens with zero attached hydrogens (tertiary/aromatic N) is 3. The highest BCUT2D eigenvalue weighted by atomic mass is 16.1. The first-order chi connectivity index (χ1) is 6.75. The molecule has 1 aliphatic heterocycles. The molecule has 2 rings (SSSR count). The molecule has 1 saturated heterocycles. The van der Waals surface area contributed by atoms with Crippen molar-refractivity contribution in [1.29, 1.82) is 0 Å². The van der Waals surface area contributed by atoms with E-state index in [1.54, 1.807) is 12.4 Å².